The zero-order valence-corrected chi connectivity index (χ0v) is 23.7. The number of aromatic nitrogens is 2. The Labute approximate surface area is 222 Å². The highest BCUT2D eigenvalue weighted by atomic mass is 35.5. The number of carbonyl (C=O) groups is 2. The lowest BCUT2D eigenvalue weighted by Crippen LogP contribution is -2.53. The van der Waals surface area contributed by atoms with Gasteiger partial charge in [0.25, 0.3) is 5.91 Å². The highest BCUT2D eigenvalue weighted by molar-refractivity contribution is 5.98. The third-order valence-electron chi connectivity index (χ3n) is 5.63. The third kappa shape index (κ3) is 9.71. The molecule has 1 aromatic heterocycles. The van der Waals surface area contributed by atoms with Crippen LogP contribution in [0.3, 0.4) is 0 Å². The maximum absolute atomic E-state index is 13.8. The molecule has 1 saturated heterocycles. The average Bonchev–Trinajstić information content (AvgIpc) is 2.78. The Morgan fingerprint density at radius 1 is 1.23 bits per heavy atom. The van der Waals surface area contributed by atoms with Crippen LogP contribution in [0.15, 0.2) is 6.20 Å². The van der Waals surface area contributed by atoms with E-state index in [4.69, 9.17) is 14.5 Å². The van der Waals surface area contributed by atoms with Gasteiger partial charge in [0.05, 0.1) is 13.0 Å². The van der Waals surface area contributed by atoms with E-state index in [1.807, 2.05) is 25.7 Å². The number of hydrogen-bond acceptors (Lipinski definition) is 8. The summed E-state index contributed by atoms with van der Waals surface area (Å²) in [5, 5.41) is 6.62. The smallest absolute Gasteiger partial charge is 0.310 e. The monoisotopic (exact) mass is 535 g/mol. The van der Waals surface area contributed by atoms with Gasteiger partial charge in [-0.2, -0.15) is 0 Å². The molecule has 11 heteroatoms. The summed E-state index contributed by atoms with van der Waals surface area (Å²) in [5.41, 5.74) is 0.199. The second kappa shape index (κ2) is 15.4. The van der Waals surface area contributed by atoms with E-state index < -0.39 is 0 Å². The summed E-state index contributed by atoms with van der Waals surface area (Å²) in [7, 11) is 3.07. The minimum absolute atomic E-state index is 0. The van der Waals surface area contributed by atoms with Gasteiger partial charge in [0.15, 0.2) is 0 Å². The van der Waals surface area contributed by atoms with Gasteiger partial charge in [-0.15, -0.1) is 24.8 Å². The number of nitrogens with one attached hydrogen (secondary N) is 2. The molecule has 1 aromatic rings. The van der Waals surface area contributed by atoms with Crippen LogP contribution in [0.2, 0.25) is 0 Å². The second-order valence-corrected chi connectivity index (χ2v) is 10.1. The SMILES string of the molecule is COCCCNc1nc(C(C)(C)C)ncc1C(=O)N(CC(C)C)[C@@H]1CNC[C@H](C(=O)OC)C1.Cl.Cl. The first kappa shape index (κ1) is 33.3. The number of esters is 1. The minimum Gasteiger partial charge on any atom is -0.469 e. The molecule has 1 aliphatic heterocycles. The summed E-state index contributed by atoms with van der Waals surface area (Å²) >= 11 is 0. The summed E-state index contributed by atoms with van der Waals surface area (Å²) in [6, 6.07) is -0.124. The fourth-order valence-corrected chi connectivity index (χ4v) is 3.91. The Hall–Kier alpha value is -1.68. The highest BCUT2D eigenvalue weighted by Gasteiger charge is 2.35. The van der Waals surface area contributed by atoms with Crippen LogP contribution < -0.4 is 10.6 Å². The normalized spacial score (nSPS) is 17.7. The number of amides is 1. The standard InChI is InChI=1S/C24H41N5O4.2ClH/c1-16(2)15-29(18-11-17(12-25-13-18)22(31)33-7)21(30)19-14-27-23(24(3,4)5)28-20(19)26-9-8-10-32-6;;/h14,16-18,25H,8-13,15H2,1-7H3,(H,26,27,28);2*1H/t17-,18+;;/m1../s1. The van der Waals surface area contributed by atoms with Crippen molar-refractivity contribution in [1.82, 2.24) is 20.2 Å². The molecular weight excluding hydrogens is 493 g/mol. The molecule has 1 amide bonds. The van der Waals surface area contributed by atoms with Crippen LogP contribution in [0.1, 0.15) is 63.6 Å². The Bertz CT molecular complexity index is 805. The van der Waals surface area contributed by atoms with Crippen LogP contribution in [0, 0.1) is 11.8 Å². The van der Waals surface area contributed by atoms with E-state index in [2.05, 4.69) is 29.5 Å². The number of methoxy groups -OCH3 is 2. The molecule has 0 saturated carbocycles. The number of rotatable bonds is 10. The number of piperidine rings is 1. The van der Waals surface area contributed by atoms with Gasteiger partial charge in [-0.3, -0.25) is 9.59 Å². The molecule has 1 fully saturated rings. The number of anilines is 1. The predicted octanol–water partition coefficient (Wildman–Crippen LogP) is 3.32. The number of carbonyl (C=O) groups excluding carboxylic acids is 2. The van der Waals surface area contributed by atoms with Gasteiger partial charge in [0.1, 0.15) is 17.2 Å². The van der Waals surface area contributed by atoms with Crippen molar-refractivity contribution in [3.8, 4) is 0 Å². The van der Waals surface area contributed by atoms with Gasteiger partial charge in [0.2, 0.25) is 0 Å². The maximum Gasteiger partial charge on any atom is 0.310 e. The van der Waals surface area contributed by atoms with Crippen LogP contribution in [-0.4, -0.2) is 79.8 Å². The maximum atomic E-state index is 13.8. The van der Waals surface area contributed by atoms with E-state index in [9.17, 15) is 9.59 Å². The van der Waals surface area contributed by atoms with E-state index in [0.29, 0.717) is 56.4 Å². The average molecular weight is 537 g/mol. The molecular formula is C24H43Cl2N5O4. The molecule has 0 aromatic carbocycles. The zero-order valence-electron chi connectivity index (χ0n) is 22.1. The van der Waals surface area contributed by atoms with Crippen molar-refractivity contribution >= 4 is 42.5 Å². The molecule has 2 heterocycles. The van der Waals surface area contributed by atoms with Crippen LogP contribution in [0.25, 0.3) is 0 Å². The lowest BCUT2D eigenvalue weighted by molar-refractivity contribution is -0.146. The van der Waals surface area contributed by atoms with Gasteiger partial charge in [-0.1, -0.05) is 34.6 Å². The Balaban J connectivity index is 0.00000578. The molecule has 0 spiro atoms. The number of nitrogens with zero attached hydrogens (tertiary/aromatic N) is 3. The summed E-state index contributed by atoms with van der Waals surface area (Å²) in [5.74, 6) is 0.827. The highest BCUT2D eigenvalue weighted by Crippen LogP contribution is 2.25. The Morgan fingerprint density at radius 3 is 2.49 bits per heavy atom. The lowest BCUT2D eigenvalue weighted by Gasteiger charge is -2.38. The van der Waals surface area contributed by atoms with Crippen LogP contribution in [0.4, 0.5) is 5.82 Å². The Morgan fingerprint density at radius 2 is 1.91 bits per heavy atom. The van der Waals surface area contributed by atoms with E-state index in [-0.39, 0.29) is 60.0 Å². The molecule has 1 aliphatic rings. The van der Waals surface area contributed by atoms with Gasteiger partial charge in [-0.25, -0.2) is 9.97 Å². The van der Waals surface area contributed by atoms with Crippen molar-refractivity contribution in [2.45, 2.75) is 58.9 Å². The van der Waals surface area contributed by atoms with Gasteiger partial charge < -0.3 is 25.0 Å². The Kier molecular flexibility index (Phi) is 14.7. The summed E-state index contributed by atoms with van der Waals surface area (Å²) in [4.78, 5) is 37.1. The molecule has 35 heavy (non-hydrogen) atoms. The van der Waals surface area contributed by atoms with E-state index >= 15 is 0 Å². The molecule has 9 nitrogen and oxygen atoms in total. The van der Waals surface area contributed by atoms with Crippen molar-refractivity contribution in [3.05, 3.63) is 17.6 Å². The predicted molar refractivity (Wildman–Crippen MR) is 143 cm³/mol. The largest absolute Gasteiger partial charge is 0.469 e. The molecule has 0 radical (unpaired) electrons. The first-order chi connectivity index (χ1) is 15.6. The zero-order chi connectivity index (χ0) is 24.6. The van der Waals surface area contributed by atoms with Crippen LogP contribution >= 0.6 is 24.8 Å². The van der Waals surface area contributed by atoms with Crippen molar-refractivity contribution in [2.75, 3.05) is 52.3 Å². The fraction of sp³-hybridized carbons (Fsp3) is 0.750. The van der Waals surface area contributed by atoms with Gasteiger partial charge >= 0.3 is 5.97 Å². The topological polar surface area (TPSA) is 106 Å². The summed E-state index contributed by atoms with van der Waals surface area (Å²) < 4.78 is 10.1. The molecule has 202 valence electrons. The van der Waals surface area contributed by atoms with Crippen molar-refractivity contribution in [2.24, 2.45) is 11.8 Å². The number of hydrogen-bond donors (Lipinski definition) is 2. The molecule has 0 aliphatic carbocycles. The minimum atomic E-state index is -0.276. The summed E-state index contributed by atoms with van der Waals surface area (Å²) in [6.07, 6.45) is 2.99. The molecule has 0 unspecified atom stereocenters. The number of halogens is 2. The van der Waals surface area contributed by atoms with Crippen molar-refractivity contribution in [3.63, 3.8) is 0 Å². The first-order valence-corrected chi connectivity index (χ1v) is 11.8. The van der Waals surface area contributed by atoms with Gasteiger partial charge in [0, 0.05) is 57.5 Å². The molecule has 0 bridgehead atoms. The van der Waals surface area contributed by atoms with E-state index in [1.54, 1.807) is 13.3 Å². The van der Waals surface area contributed by atoms with Crippen molar-refractivity contribution < 1.29 is 19.1 Å². The molecule has 2 atom stereocenters. The molecule has 2 N–H and O–H groups in total. The fourth-order valence-electron chi connectivity index (χ4n) is 3.91. The molecule has 2 rings (SSSR count). The second-order valence-electron chi connectivity index (χ2n) is 10.1. The first-order valence-electron chi connectivity index (χ1n) is 11.8. The van der Waals surface area contributed by atoms with Gasteiger partial charge in [-0.05, 0) is 18.8 Å². The van der Waals surface area contributed by atoms with Crippen LogP contribution in [-0.2, 0) is 19.7 Å². The summed E-state index contributed by atoms with van der Waals surface area (Å²) in [6.45, 7) is 13.3. The quantitative estimate of drug-likeness (QED) is 0.347. The number of ether oxygens (including phenoxy) is 2. The van der Waals surface area contributed by atoms with E-state index in [1.165, 1.54) is 7.11 Å². The van der Waals surface area contributed by atoms with Crippen LogP contribution in [0.5, 0.6) is 0 Å². The van der Waals surface area contributed by atoms with E-state index in [0.717, 1.165) is 6.42 Å². The lowest BCUT2D eigenvalue weighted by atomic mass is 9.93. The third-order valence-corrected chi connectivity index (χ3v) is 5.63. The van der Waals surface area contributed by atoms with Crippen molar-refractivity contribution in [1.29, 1.82) is 0 Å².